The molecule has 0 radical (unpaired) electrons. The third kappa shape index (κ3) is 5.98. The molecule has 0 spiro atoms. The lowest BCUT2D eigenvalue weighted by molar-refractivity contribution is 0.475. The van der Waals surface area contributed by atoms with Crippen LogP contribution < -0.4 is 11.1 Å². The van der Waals surface area contributed by atoms with Crippen LogP contribution in [0, 0.1) is 0 Å². The topological polar surface area (TPSA) is 84.5 Å². The van der Waals surface area contributed by atoms with Gasteiger partial charge < -0.3 is 19.3 Å². The average Bonchev–Trinajstić information content (AvgIpc) is 3.01. The first-order valence-corrected chi connectivity index (χ1v) is 14.2. The van der Waals surface area contributed by atoms with Gasteiger partial charge in [0.2, 0.25) is 0 Å². The number of nitrogens with zero attached hydrogens (tertiary/aromatic N) is 2. The highest BCUT2D eigenvalue weighted by molar-refractivity contribution is 5.85. The van der Waals surface area contributed by atoms with Crippen molar-refractivity contribution < 1.29 is 10.2 Å². The first kappa shape index (κ1) is 28.4. The van der Waals surface area contributed by atoms with Crippen LogP contribution in [0.15, 0.2) is 119 Å². The smallest absolute Gasteiger partial charge is 0.258 e. The van der Waals surface area contributed by atoms with Crippen LogP contribution in [0.2, 0.25) is 0 Å². The second-order valence-corrected chi connectivity index (χ2v) is 10.4. The molecule has 6 rings (SSSR count). The predicted molar refractivity (Wildman–Crippen MR) is 171 cm³/mol. The van der Waals surface area contributed by atoms with Crippen LogP contribution in [0.3, 0.4) is 0 Å². The molecule has 6 heteroatoms. The molecule has 0 atom stereocenters. The number of fused-ring (bicyclic) bond motifs is 2. The Kier molecular flexibility index (Phi) is 8.53. The average molecular weight is 559 g/mol. The minimum absolute atomic E-state index is 0.0329. The van der Waals surface area contributed by atoms with Gasteiger partial charge in [0.15, 0.2) is 0 Å². The van der Waals surface area contributed by atoms with Crippen LogP contribution in [0.25, 0.3) is 44.1 Å². The van der Waals surface area contributed by atoms with Crippen molar-refractivity contribution in [3.63, 3.8) is 0 Å². The SMILES string of the molecule is CCCCCn1c(=O)c(-c2ccc(O)cc2)cc2ccccc21.Cn1c(=O)c(-c2ccc(O)cc2)cc2ccccc21. The number of aromatic hydroxyl groups is 2. The quantitative estimate of drug-likeness (QED) is 0.208. The van der Waals surface area contributed by atoms with Gasteiger partial charge >= 0.3 is 0 Å². The number of aromatic nitrogens is 2. The Morgan fingerprint density at radius 1 is 0.595 bits per heavy atom. The zero-order valence-corrected chi connectivity index (χ0v) is 23.8. The molecule has 0 aliphatic carbocycles. The Balaban J connectivity index is 0.000000171. The second-order valence-electron chi connectivity index (χ2n) is 10.4. The van der Waals surface area contributed by atoms with Crippen molar-refractivity contribution in [1.29, 1.82) is 0 Å². The lowest BCUT2D eigenvalue weighted by Gasteiger charge is -2.13. The molecule has 6 aromatic rings. The third-order valence-corrected chi connectivity index (χ3v) is 7.48. The van der Waals surface area contributed by atoms with E-state index in [0.29, 0.717) is 11.1 Å². The second kappa shape index (κ2) is 12.6. The minimum atomic E-state index is -0.0376. The van der Waals surface area contributed by atoms with Crippen LogP contribution in [0.5, 0.6) is 11.5 Å². The Morgan fingerprint density at radius 2 is 1.07 bits per heavy atom. The van der Waals surface area contributed by atoms with E-state index in [0.717, 1.165) is 58.7 Å². The molecule has 42 heavy (non-hydrogen) atoms. The Hall–Kier alpha value is -5.10. The molecule has 0 fully saturated rings. The molecule has 212 valence electrons. The largest absolute Gasteiger partial charge is 0.508 e. The van der Waals surface area contributed by atoms with E-state index >= 15 is 0 Å². The predicted octanol–water partition coefficient (Wildman–Crippen LogP) is 7.48. The lowest BCUT2D eigenvalue weighted by atomic mass is 10.0. The molecular formula is C36H34N2O4. The van der Waals surface area contributed by atoms with Gasteiger partial charge in [-0.2, -0.15) is 0 Å². The monoisotopic (exact) mass is 558 g/mol. The highest BCUT2D eigenvalue weighted by Crippen LogP contribution is 2.24. The van der Waals surface area contributed by atoms with Crippen molar-refractivity contribution in [3.8, 4) is 33.8 Å². The van der Waals surface area contributed by atoms with Gasteiger partial charge in [-0.05, 0) is 76.9 Å². The normalized spacial score (nSPS) is 10.9. The van der Waals surface area contributed by atoms with Crippen LogP contribution in [-0.2, 0) is 13.6 Å². The number of hydrogen-bond acceptors (Lipinski definition) is 4. The van der Waals surface area contributed by atoms with Crippen molar-refractivity contribution in [2.24, 2.45) is 7.05 Å². The van der Waals surface area contributed by atoms with Gasteiger partial charge in [0.1, 0.15) is 11.5 Å². The summed E-state index contributed by atoms with van der Waals surface area (Å²) < 4.78 is 3.53. The molecule has 6 nitrogen and oxygen atoms in total. The first-order valence-electron chi connectivity index (χ1n) is 14.2. The van der Waals surface area contributed by atoms with E-state index in [1.807, 2.05) is 65.2 Å². The Labute approximate surface area is 244 Å². The van der Waals surface area contributed by atoms with E-state index in [4.69, 9.17) is 0 Å². The standard InChI is InChI=1S/C20H21NO2.C16H13NO2/c1-2-3-6-13-21-19-8-5-4-7-16(19)14-18(20(21)23)15-9-11-17(22)12-10-15;1-17-15-5-3-2-4-12(15)10-14(16(17)19)11-6-8-13(18)9-7-11/h4-5,7-12,14,22H,2-3,6,13H2,1H3;2-10,18H,1H3. The summed E-state index contributed by atoms with van der Waals surface area (Å²) in [6, 6.07) is 33.1. The summed E-state index contributed by atoms with van der Waals surface area (Å²) in [7, 11) is 1.77. The van der Waals surface area contributed by atoms with E-state index in [1.165, 1.54) is 0 Å². The van der Waals surface area contributed by atoms with Gasteiger partial charge in [0.05, 0.1) is 11.0 Å². The molecule has 0 bridgehead atoms. The fourth-order valence-corrected chi connectivity index (χ4v) is 5.19. The van der Waals surface area contributed by atoms with E-state index in [2.05, 4.69) is 6.92 Å². The maximum atomic E-state index is 13.0. The maximum Gasteiger partial charge on any atom is 0.258 e. The van der Waals surface area contributed by atoms with Crippen molar-refractivity contribution in [3.05, 3.63) is 130 Å². The molecule has 2 N–H and O–H groups in total. The third-order valence-electron chi connectivity index (χ3n) is 7.48. The molecule has 0 aliphatic heterocycles. The maximum absolute atomic E-state index is 13.0. The molecule has 0 amide bonds. The summed E-state index contributed by atoms with van der Waals surface area (Å²) in [5.41, 5.74) is 4.86. The molecule has 2 aromatic heterocycles. The number of hydrogen-bond donors (Lipinski definition) is 2. The molecular weight excluding hydrogens is 524 g/mol. The minimum Gasteiger partial charge on any atom is -0.508 e. The van der Waals surface area contributed by atoms with E-state index in [9.17, 15) is 19.8 Å². The number of rotatable bonds is 6. The van der Waals surface area contributed by atoms with E-state index < -0.39 is 0 Å². The van der Waals surface area contributed by atoms with Crippen LogP contribution >= 0.6 is 0 Å². The zero-order valence-electron chi connectivity index (χ0n) is 23.8. The number of para-hydroxylation sites is 2. The van der Waals surface area contributed by atoms with Gasteiger partial charge in [-0.1, -0.05) is 80.4 Å². The molecule has 0 unspecified atom stereocenters. The van der Waals surface area contributed by atoms with Crippen LogP contribution in [0.1, 0.15) is 26.2 Å². The molecule has 0 saturated heterocycles. The number of unbranched alkanes of at least 4 members (excludes halogenated alkanes) is 2. The lowest BCUT2D eigenvalue weighted by Crippen LogP contribution is -2.22. The number of phenolic OH excluding ortho intramolecular Hbond substituents is 2. The summed E-state index contributed by atoms with van der Waals surface area (Å²) in [5.74, 6) is 0.402. The molecule has 0 aliphatic rings. The highest BCUT2D eigenvalue weighted by Gasteiger charge is 2.11. The fraction of sp³-hybridized carbons (Fsp3) is 0.167. The highest BCUT2D eigenvalue weighted by atomic mass is 16.3. The number of benzene rings is 4. The van der Waals surface area contributed by atoms with E-state index in [1.54, 1.807) is 60.1 Å². The number of phenols is 2. The Morgan fingerprint density at radius 3 is 1.62 bits per heavy atom. The molecule has 2 heterocycles. The van der Waals surface area contributed by atoms with E-state index in [-0.39, 0.29) is 22.6 Å². The van der Waals surface area contributed by atoms with Crippen LogP contribution in [-0.4, -0.2) is 19.3 Å². The van der Waals surface area contributed by atoms with Crippen molar-refractivity contribution in [1.82, 2.24) is 9.13 Å². The van der Waals surface area contributed by atoms with Crippen molar-refractivity contribution in [2.75, 3.05) is 0 Å². The summed E-state index contributed by atoms with van der Waals surface area (Å²) in [6.45, 7) is 2.90. The van der Waals surface area contributed by atoms with Crippen LogP contribution in [0.4, 0.5) is 0 Å². The molecule has 0 saturated carbocycles. The Bertz CT molecular complexity index is 1950. The van der Waals surface area contributed by atoms with Gasteiger partial charge in [-0.25, -0.2) is 0 Å². The van der Waals surface area contributed by atoms with Gasteiger partial charge in [0, 0.05) is 24.7 Å². The zero-order chi connectivity index (χ0) is 29.6. The van der Waals surface area contributed by atoms with Crippen molar-refractivity contribution >= 4 is 21.8 Å². The fourth-order valence-electron chi connectivity index (χ4n) is 5.19. The van der Waals surface area contributed by atoms with Gasteiger partial charge in [0.25, 0.3) is 11.1 Å². The van der Waals surface area contributed by atoms with Crippen molar-refractivity contribution in [2.45, 2.75) is 32.7 Å². The first-order chi connectivity index (χ1) is 20.4. The van der Waals surface area contributed by atoms with Gasteiger partial charge in [-0.3, -0.25) is 9.59 Å². The summed E-state index contributed by atoms with van der Waals surface area (Å²) >= 11 is 0. The molecule has 4 aromatic carbocycles. The number of pyridine rings is 2. The number of aryl methyl sites for hydroxylation is 2. The summed E-state index contributed by atoms with van der Waals surface area (Å²) in [5, 5.41) is 20.9. The van der Waals surface area contributed by atoms with Gasteiger partial charge in [-0.15, -0.1) is 0 Å². The summed E-state index contributed by atoms with van der Waals surface area (Å²) in [4.78, 5) is 25.3. The summed E-state index contributed by atoms with van der Waals surface area (Å²) in [6.07, 6.45) is 3.24.